The van der Waals surface area contributed by atoms with Gasteiger partial charge < -0.3 is 9.64 Å². The van der Waals surface area contributed by atoms with E-state index in [0.29, 0.717) is 0 Å². The van der Waals surface area contributed by atoms with Crippen molar-refractivity contribution < 1.29 is 9.53 Å². The van der Waals surface area contributed by atoms with E-state index in [1.54, 1.807) is 0 Å². The quantitative estimate of drug-likeness (QED) is 0.284. The van der Waals surface area contributed by atoms with Crippen molar-refractivity contribution >= 4 is 5.97 Å². The van der Waals surface area contributed by atoms with E-state index in [9.17, 15) is 4.79 Å². The van der Waals surface area contributed by atoms with Gasteiger partial charge in [-0.15, -0.1) is 0 Å². The van der Waals surface area contributed by atoms with E-state index in [0.717, 1.165) is 49.4 Å². The number of hydrogen-bond donors (Lipinski definition) is 0. The summed E-state index contributed by atoms with van der Waals surface area (Å²) in [5.41, 5.74) is 1.51. The van der Waals surface area contributed by atoms with E-state index in [-0.39, 0.29) is 25.4 Å². The first-order chi connectivity index (χ1) is 19.4. The maximum Gasteiger partial charge on any atom is 0.309 e. The van der Waals surface area contributed by atoms with Crippen LogP contribution in [0.4, 0.5) is 0 Å². The topological polar surface area (TPSA) is 29.5 Å². The van der Waals surface area contributed by atoms with Crippen molar-refractivity contribution in [1.29, 1.82) is 0 Å². The highest BCUT2D eigenvalue weighted by Gasteiger charge is 2.31. The van der Waals surface area contributed by atoms with E-state index >= 15 is 0 Å². The summed E-state index contributed by atoms with van der Waals surface area (Å²) in [6.07, 6.45) is 14.3. The average molecular weight is 564 g/mol. The number of nitrogens with zero attached hydrogens (tertiary/aromatic N) is 1. The zero-order chi connectivity index (χ0) is 28.6. The molecule has 2 aliphatic heterocycles. The highest BCUT2D eigenvalue weighted by molar-refractivity contribution is 5.74. The maximum absolute atomic E-state index is 11.1. The number of piperidine rings is 1. The summed E-state index contributed by atoms with van der Waals surface area (Å²) < 4.78 is 5.03. The lowest BCUT2D eigenvalue weighted by Crippen LogP contribution is -2.37. The summed E-state index contributed by atoms with van der Waals surface area (Å²) in [7, 11) is 0. The second kappa shape index (κ2) is 19.9. The second-order valence-electron chi connectivity index (χ2n) is 12.9. The van der Waals surface area contributed by atoms with E-state index < -0.39 is 0 Å². The largest absolute Gasteiger partial charge is 0.462 e. The molecule has 1 aliphatic carbocycles. The summed E-state index contributed by atoms with van der Waals surface area (Å²) >= 11 is 0. The van der Waals surface area contributed by atoms with Gasteiger partial charge in [-0.3, -0.25) is 4.79 Å². The average Bonchev–Trinajstić information content (AvgIpc) is 3.48. The van der Waals surface area contributed by atoms with Gasteiger partial charge in [-0.2, -0.15) is 0 Å². The number of benzene rings is 2. The summed E-state index contributed by atoms with van der Waals surface area (Å²) in [5.74, 6) is 4.09. The van der Waals surface area contributed by atoms with Crippen LogP contribution in [-0.4, -0.2) is 36.6 Å². The third kappa shape index (κ3) is 13.6. The fourth-order valence-electron chi connectivity index (χ4n) is 6.87. The highest BCUT2D eigenvalue weighted by atomic mass is 16.5. The Bertz CT molecular complexity index is 882. The van der Waals surface area contributed by atoms with Crippen LogP contribution in [0.3, 0.4) is 0 Å². The predicted octanol–water partition coefficient (Wildman–Crippen LogP) is 9.85. The van der Waals surface area contributed by atoms with Crippen LogP contribution >= 0.6 is 0 Å². The molecule has 3 nitrogen and oxygen atoms in total. The number of likely N-dealkylation sites (tertiary alicyclic amines) is 1. The van der Waals surface area contributed by atoms with E-state index in [1.165, 1.54) is 70.1 Å². The lowest BCUT2D eigenvalue weighted by atomic mass is 9.89. The van der Waals surface area contributed by atoms with Gasteiger partial charge in [0.25, 0.3) is 0 Å². The molecule has 2 saturated heterocycles. The molecule has 3 heteroatoms. The summed E-state index contributed by atoms with van der Waals surface area (Å²) in [5, 5.41) is 0. The van der Waals surface area contributed by atoms with Gasteiger partial charge in [0.2, 0.25) is 0 Å². The lowest BCUT2D eigenvalue weighted by Gasteiger charge is -2.34. The van der Waals surface area contributed by atoms with Gasteiger partial charge in [0, 0.05) is 6.54 Å². The van der Waals surface area contributed by atoms with Crippen LogP contribution in [0, 0.1) is 29.6 Å². The molecule has 5 atom stereocenters. The molecule has 2 aromatic rings. The summed E-state index contributed by atoms with van der Waals surface area (Å²) in [6.45, 7) is 13.1. The molecular formula is C38H61NO2. The molecule has 0 bridgehead atoms. The molecule has 0 N–H and O–H groups in total. The van der Waals surface area contributed by atoms with Crippen molar-refractivity contribution in [2.24, 2.45) is 29.6 Å². The highest BCUT2D eigenvalue weighted by Crippen LogP contribution is 2.37. The second-order valence-corrected chi connectivity index (χ2v) is 12.9. The number of carbonyl (C=O) groups is 1. The molecule has 0 radical (unpaired) electrons. The smallest absolute Gasteiger partial charge is 0.309 e. The van der Waals surface area contributed by atoms with Gasteiger partial charge in [0.15, 0.2) is 0 Å². The minimum atomic E-state index is 0. The molecule has 5 unspecified atom stereocenters. The number of ether oxygens (including phenoxy) is 1. The molecule has 3 fully saturated rings. The molecule has 2 heterocycles. The minimum absolute atomic E-state index is 0. The standard InChI is InChI=1S/C22H35N.C9H16O2.C6H6.CH4/c1-18-15-19(2)22(16-18)17-23-13-11-21(12-14-23)10-6-9-20-7-4-3-5-8-20;1-3-4-5-8-6-7(2)11-9(8)10;1-2-4-6-5-3-1;/h3-5,7-8,18-19,21-22H,6,9-17H2,1-2H3;7-8H,3-6H2,1-2H3;1-6H;1H4. The van der Waals surface area contributed by atoms with E-state index in [4.69, 9.17) is 4.74 Å². The van der Waals surface area contributed by atoms with Crippen LogP contribution in [-0.2, 0) is 16.0 Å². The van der Waals surface area contributed by atoms with Crippen LogP contribution in [0.1, 0.15) is 105 Å². The third-order valence-electron chi connectivity index (χ3n) is 9.24. The SMILES string of the molecule is C.CC1CC(C)C(CN2CCC(CCCc3ccccc3)CC2)C1.CCCCC1CC(C)OC1=O.c1ccccc1. The zero-order valence-corrected chi connectivity index (χ0v) is 26.0. The monoisotopic (exact) mass is 563 g/mol. The van der Waals surface area contributed by atoms with Crippen molar-refractivity contribution in [1.82, 2.24) is 4.90 Å². The maximum atomic E-state index is 11.1. The van der Waals surface area contributed by atoms with Crippen LogP contribution in [0.2, 0.25) is 0 Å². The molecule has 1 saturated carbocycles. The molecule has 2 aromatic carbocycles. The van der Waals surface area contributed by atoms with Crippen molar-refractivity contribution in [3.05, 3.63) is 72.3 Å². The number of aryl methyl sites for hydroxylation is 1. The lowest BCUT2D eigenvalue weighted by molar-refractivity contribution is -0.143. The third-order valence-corrected chi connectivity index (χ3v) is 9.24. The van der Waals surface area contributed by atoms with Gasteiger partial charge in [0.1, 0.15) is 0 Å². The zero-order valence-electron chi connectivity index (χ0n) is 26.0. The van der Waals surface area contributed by atoms with E-state index in [1.807, 2.05) is 43.3 Å². The van der Waals surface area contributed by atoms with Crippen LogP contribution < -0.4 is 0 Å². The molecule has 3 aliphatic rings. The Kier molecular flexibility index (Phi) is 17.0. The van der Waals surface area contributed by atoms with Crippen LogP contribution in [0.15, 0.2) is 66.7 Å². The Morgan fingerprint density at radius 2 is 1.41 bits per heavy atom. The van der Waals surface area contributed by atoms with Gasteiger partial charge in [-0.05, 0) is 101 Å². The Labute approximate surface area is 253 Å². The Morgan fingerprint density at radius 3 is 1.93 bits per heavy atom. The fraction of sp³-hybridized carbons (Fsp3) is 0.658. The van der Waals surface area contributed by atoms with Crippen LogP contribution in [0.25, 0.3) is 0 Å². The number of esters is 1. The Hall–Kier alpha value is -2.13. The van der Waals surface area contributed by atoms with E-state index in [2.05, 4.69) is 56.0 Å². The van der Waals surface area contributed by atoms with Crippen molar-refractivity contribution in [2.75, 3.05) is 19.6 Å². The normalized spacial score (nSPS) is 26.1. The first-order valence-electron chi connectivity index (χ1n) is 16.4. The van der Waals surface area contributed by atoms with Crippen molar-refractivity contribution in [2.45, 2.75) is 112 Å². The predicted molar refractivity (Wildman–Crippen MR) is 176 cm³/mol. The Balaban J connectivity index is 0.000000270. The summed E-state index contributed by atoms with van der Waals surface area (Å²) in [4.78, 5) is 13.8. The van der Waals surface area contributed by atoms with Crippen LogP contribution in [0.5, 0.6) is 0 Å². The molecule has 230 valence electrons. The van der Waals surface area contributed by atoms with Crippen molar-refractivity contribution in [3.63, 3.8) is 0 Å². The molecule has 0 spiro atoms. The van der Waals surface area contributed by atoms with Gasteiger partial charge in [-0.25, -0.2) is 0 Å². The molecule has 5 rings (SSSR count). The molecule has 0 amide bonds. The fourth-order valence-corrected chi connectivity index (χ4v) is 6.87. The number of cyclic esters (lactones) is 1. The minimum Gasteiger partial charge on any atom is -0.462 e. The molecule has 0 aromatic heterocycles. The van der Waals surface area contributed by atoms with Crippen molar-refractivity contribution in [3.8, 4) is 0 Å². The van der Waals surface area contributed by atoms with Gasteiger partial charge >= 0.3 is 5.97 Å². The van der Waals surface area contributed by atoms with Gasteiger partial charge in [0.05, 0.1) is 12.0 Å². The number of unbranched alkanes of at least 4 members (excludes halogenated alkanes) is 1. The molecule has 41 heavy (non-hydrogen) atoms. The Morgan fingerprint density at radius 1 is 0.805 bits per heavy atom. The number of carbonyl (C=O) groups excluding carboxylic acids is 1. The number of hydrogen-bond acceptors (Lipinski definition) is 3. The van der Waals surface area contributed by atoms with Gasteiger partial charge in [-0.1, -0.05) is 114 Å². The first kappa shape index (κ1) is 35.1. The molecular weight excluding hydrogens is 502 g/mol. The first-order valence-corrected chi connectivity index (χ1v) is 16.4. The summed E-state index contributed by atoms with van der Waals surface area (Å²) in [6, 6.07) is 23.0. The number of rotatable bonds is 9.